The van der Waals surface area contributed by atoms with Crippen molar-refractivity contribution in [2.45, 2.75) is 19.9 Å². The number of amides is 1. The Labute approximate surface area is 157 Å². The fourth-order valence-corrected chi connectivity index (χ4v) is 3.28. The number of rotatable bonds is 7. The van der Waals surface area contributed by atoms with E-state index < -0.39 is 15.8 Å². The minimum absolute atomic E-state index is 0.0569. The molecular formula is C18H20ClFN2O3S. The van der Waals surface area contributed by atoms with Gasteiger partial charge < -0.3 is 5.32 Å². The molecule has 1 amide bonds. The number of benzene rings is 2. The number of halogens is 2. The van der Waals surface area contributed by atoms with Crippen LogP contribution in [0.4, 0.5) is 10.1 Å². The lowest BCUT2D eigenvalue weighted by molar-refractivity contribution is -0.116. The van der Waals surface area contributed by atoms with E-state index in [0.717, 1.165) is 16.1 Å². The average Bonchev–Trinajstić information content (AvgIpc) is 2.55. The summed E-state index contributed by atoms with van der Waals surface area (Å²) in [4.78, 5) is 12.1. The van der Waals surface area contributed by atoms with Gasteiger partial charge in [-0.25, -0.2) is 12.8 Å². The number of nitrogens with one attached hydrogen (secondary N) is 1. The Hall–Kier alpha value is -1.96. The van der Waals surface area contributed by atoms with Gasteiger partial charge in [0, 0.05) is 35.8 Å². The van der Waals surface area contributed by atoms with Crippen molar-refractivity contribution in [3.63, 3.8) is 0 Å². The molecule has 0 aliphatic carbocycles. The van der Waals surface area contributed by atoms with E-state index in [1.165, 1.54) is 18.2 Å². The van der Waals surface area contributed by atoms with Gasteiger partial charge in [0.05, 0.1) is 6.26 Å². The summed E-state index contributed by atoms with van der Waals surface area (Å²) in [7, 11) is -3.60. The highest BCUT2D eigenvalue weighted by molar-refractivity contribution is 7.88. The van der Waals surface area contributed by atoms with Crippen molar-refractivity contribution < 1.29 is 17.6 Å². The van der Waals surface area contributed by atoms with Crippen LogP contribution in [0.15, 0.2) is 42.5 Å². The Balaban J connectivity index is 2.01. The van der Waals surface area contributed by atoms with Crippen molar-refractivity contribution in [1.29, 1.82) is 0 Å². The smallest absolute Gasteiger partial charge is 0.225 e. The summed E-state index contributed by atoms with van der Waals surface area (Å²) >= 11 is 6.02. The zero-order chi connectivity index (χ0) is 19.3. The monoisotopic (exact) mass is 398 g/mol. The van der Waals surface area contributed by atoms with Crippen LogP contribution in [0.5, 0.6) is 0 Å². The van der Waals surface area contributed by atoms with Crippen LogP contribution in [0.2, 0.25) is 5.02 Å². The molecule has 0 aliphatic rings. The summed E-state index contributed by atoms with van der Waals surface area (Å²) in [6, 6.07) is 11.1. The van der Waals surface area contributed by atoms with E-state index in [1.54, 1.807) is 24.3 Å². The SMILES string of the molecule is Cc1ccc(NC(=O)CCN(Cc2ccccc2F)S(C)(=O)=O)cc1Cl. The van der Waals surface area contributed by atoms with Crippen molar-refractivity contribution in [2.75, 3.05) is 18.1 Å². The van der Waals surface area contributed by atoms with Gasteiger partial charge in [-0.3, -0.25) is 4.79 Å². The molecule has 0 saturated heterocycles. The van der Waals surface area contributed by atoms with E-state index >= 15 is 0 Å². The average molecular weight is 399 g/mol. The second-order valence-corrected chi connectivity index (χ2v) is 8.34. The van der Waals surface area contributed by atoms with Crippen molar-refractivity contribution >= 4 is 33.2 Å². The van der Waals surface area contributed by atoms with E-state index in [2.05, 4.69) is 5.32 Å². The minimum Gasteiger partial charge on any atom is -0.326 e. The number of nitrogens with zero attached hydrogens (tertiary/aromatic N) is 1. The van der Waals surface area contributed by atoms with Gasteiger partial charge in [-0.15, -0.1) is 0 Å². The standard InChI is InChI=1S/C18H20ClFN2O3S/c1-13-7-8-15(11-16(13)19)21-18(23)9-10-22(26(2,24)25)12-14-5-3-4-6-17(14)20/h3-8,11H,9-10,12H2,1-2H3,(H,21,23). The highest BCUT2D eigenvalue weighted by atomic mass is 35.5. The summed E-state index contributed by atoms with van der Waals surface area (Å²) in [5, 5.41) is 3.20. The molecule has 0 aliphatic heterocycles. The minimum atomic E-state index is -3.60. The van der Waals surface area contributed by atoms with Gasteiger partial charge in [-0.05, 0) is 30.7 Å². The van der Waals surface area contributed by atoms with Gasteiger partial charge in [-0.2, -0.15) is 4.31 Å². The van der Waals surface area contributed by atoms with Gasteiger partial charge in [0.2, 0.25) is 15.9 Å². The first-order valence-corrected chi connectivity index (χ1v) is 10.1. The molecule has 0 aromatic heterocycles. The molecule has 0 saturated carbocycles. The van der Waals surface area contributed by atoms with E-state index in [-0.39, 0.29) is 31.0 Å². The Morgan fingerprint density at radius 2 is 1.92 bits per heavy atom. The van der Waals surface area contributed by atoms with Gasteiger partial charge in [-0.1, -0.05) is 35.9 Å². The molecule has 140 valence electrons. The lowest BCUT2D eigenvalue weighted by atomic mass is 10.2. The molecule has 0 unspecified atom stereocenters. The maximum Gasteiger partial charge on any atom is 0.225 e. The molecule has 8 heteroatoms. The Kier molecular flexibility index (Phi) is 6.75. The number of hydrogen-bond donors (Lipinski definition) is 1. The predicted octanol–water partition coefficient (Wildman–Crippen LogP) is 3.58. The van der Waals surface area contributed by atoms with Gasteiger partial charge >= 0.3 is 0 Å². The Morgan fingerprint density at radius 1 is 1.23 bits per heavy atom. The highest BCUT2D eigenvalue weighted by Crippen LogP contribution is 2.20. The van der Waals surface area contributed by atoms with Crippen molar-refractivity contribution in [1.82, 2.24) is 4.31 Å². The molecule has 2 aromatic rings. The molecule has 0 bridgehead atoms. The van der Waals surface area contributed by atoms with Crippen molar-refractivity contribution in [2.24, 2.45) is 0 Å². The second kappa shape index (κ2) is 8.62. The third kappa shape index (κ3) is 5.79. The number of anilines is 1. The topological polar surface area (TPSA) is 66.5 Å². The molecule has 2 aromatic carbocycles. The predicted molar refractivity (Wildman–Crippen MR) is 101 cm³/mol. The maximum atomic E-state index is 13.8. The summed E-state index contributed by atoms with van der Waals surface area (Å²) in [5.74, 6) is -0.841. The Bertz CT molecular complexity index is 903. The van der Waals surface area contributed by atoms with Crippen LogP contribution < -0.4 is 5.32 Å². The summed E-state index contributed by atoms with van der Waals surface area (Å²) in [6.45, 7) is 1.66. The number of sulfonamides is 1. The van der Waals surface area contributed by atoms with E-state index in [1.807, 2.05) is 6.92 Å². The molecule has 0 heterocycles. The molecule has 26 heavy (non-hydrogen) atoms. The molecule has 2 rings (SSSR count). The first-order chi connectivity index (χ1) is 12.2. The third-order valence-electron chi connectivity index (χ3n) is 3.82. The Morgan fingerprint density at radius 3 is 2.54 bits per heavy atom. The summed E-state index contributed by atoms with van der Waals surface area (Å²) in [6.07, 6.45) is 0.971. The van der Waals surface area contributed by atoms with Crippen molar-refractivity contribution in [3.8, 4) is 0 Å². The van der Waals surface area contributed by atoms with Gasteiger partial charge in [0.1, 0.15) is 5.82 Å². The van der Waals surface area contributed by atoms with Crippen LogP contribution in [0.3, 0.4) is 0 Å². The molecule has 5 nitrogen and oxygen atoms in total. The van der Waals surface area contributed by atoms with E-state index in [9.17, 15) is 17.6 Å². The fraction of sp³-hybridized carbons (Fsp3) is 0.278. The van der Waals surface area contributed by atoms with Gasteiger partial charge in [0.25, 0.3) is 0 Å². The highest BCUT2D eigenvalue weighted by Gasteiger charge is 2.19. The van der Waals surface area contributed by atoms with Crippen LogP contribution in [-0.2, 0) is 21.4 Å². The lowest BCUT2D eigenvalue weighted by Gasteiger charge is -2.20. The molecular weight excluding hydrogens is 379 g/mol. The van der Waals surface area contributed by atoms with Crippen LogP contribution in [0.1, 0.15) is 17.5 Å². The largest absolute Gasteiger partial charge is 0.326 e. The molecule has 0 spiro atoms. The third-order valence-corrected chi connectivity index (χ3v) is 5.47. The first kappa shape index (κ1) is 20.4. The molecule has 0 radical (unpaired) electrons. The van der Waals surface area contributed by atoms with Gasteiger partial charge in [0.15, 0.2) is 0 Å². The van der Waals surface area contributed by atoms with Crippen LogP contribution in [0, 0.1) is 12.7 Å². The van der Waals surface area contributed by atoms with Crippen LogP contribution >= 0.6 is 11.6 Å². The molecule has 1 N–H and O–H groups in total. The lowest BCUT2D eigenvalue weighted by Crippen LogP contribution is -2.32. The normalized spacial score (nSPS) is 11.6. The zero-order valence-electron chi connectivity index (χ0n) is 14.5. The van der Waals surface area contributed by atoms with Crippen molar-refractivity contribution in [3.05, 3.63) is 64.4 Å². The van der Waals surface area contributed by atoms with E-state index in [4.69, 9.17) is 11.6 Å². The van der Waals surface area contributed by atoms with E-state index in [0.29, 0.717) is 10.7 Å². The number of carbonyl (C=O) groups excluding carboxylic acids is 1. The second-order valence-electron chi connectivity index (χ2n) is 5.95. The maximum absolute atomic E-state index is 13.8. The van der Waals surface area contributed by atoms with Crippen LogP contribution in [0.25, 0.3) is 0 Å². The first-order valence-electron chi connectivity index (χ1n) is 7.91. The summed E-state index contributed by atoms with van der Waals surface area (Å²) in [5.41, 5.74) is 1.67. The van der Waals surface area contributed by atoms with Crippen LogP contribution in [-0.4, -0.2) is 31.4 Å². The summed E-state index contributed by atoms with van der Waals surface area (Å²) < 4.78 is 38.8. The zero-order valence-corrected chi connectivity index (χ0v) is 16.1. The number of carbonyl (C=O) groups is 1. The number of hydrogen-bond acceptors (Lipinski definition) is 3. The molecule has 0 fully saturated rings. The fourth-order valence-electron chi connectivity index (χ4n) is 2.30. The molecule has 0 atom stereocenters. The number of aryl methyl sites for hydroxylation is 1. The quantitative estimate of drug-likeness (QED) is 0.775.